The highest BCUT2D eigenvalue weighted by atomic mass is 32.1. The second kappa shape index (κ2) is 4.84. The van der Waals surface area contributed by atoms with E-state index >= 15 is 0 Å². The van der Waals surface area contributed by atoms with Gasteiger partial charge in [0.15, 0.2) is 0 Å². The van der Waals surface area contributed by atoms with Crippen LogP contribution in [0.4, 0.5) is 0 Å². The van der Waals surface area contributed by atoms with Crippen LogP contribution < -0.4 is 0 Å². The minimum atomic E-state index is -0.722. The highest BCUT2D eigenvalue weighted by Gasteiger charge is 2.10. The largest absolute Gasteiger partial charge is 0.481 e. The van der Waals surface area contributed by atoms with Crippen molar-refractivity contribution in [1.29, 1.82) is 0 Å². The monoisotopic (exact) mass is 249 g/mol. The van der Waals surface area contributed by atoms with Gasteiger partial charge in [0, 0.05) is 0 Å². The molecule has 1 N–H and O–H groups in total. The molecule has 17 heavy (non-hydrogen) atoms. The van der Waals surface area contributed by atoms with Crippen LogP contribution in [0.3, 0.4) is 0 Å². The van der Waals surface area contributed by atoms with Crippen molar-refractivity contribution < 1.29 is 9.90 Å². The van der Waals surface area contributed by atoms with Crippen LogP contribution in [-0.2, 0) is 11.2 Å². The minimum absolute atomic E-state index is 0.283. The zero-order valence-electron chi connectivity index (χ0n) is 9.93. The Morgan fingerprint density at radius 3 is 3.00 bits per heavy atom. The Kier molecular flexibility index (Phi) is 3.43. The van der Waals surface area contributed by atoms with Crippen molar-refractivity contribution in [2.75, 3.05) is 0 Å². The van der Waals surface area contributed by atoms with E-state index in [0.29, 0.717) is 6.42 Å². The van der Waals surface area contributed by atoms with Gasteiger partial charge in [0.05, 0.1) is 21.1 Å². The number of benzene rings is 1. The molecular weight excluding hydrogens is 234 g/mol. The van der Waals surface area contributed by atoms with Gasteiger partial charge in [0.25, 0.3) is 0 Å². The van der Waals surface area contributed by atoms with Crippen molar-refractivity contribution in [3.05, 3.63) is 28.8 Å². The molecule has 0 aliphatic carbocycles. The first-order valence-corrected chi connectivity index (χ1v) is 6.47. The first-order valence-electron chi connectivity index (χ1n) is 5.65. The van der Waals surface area contributed by atoms with Crippen LogP contribution in [0, 0.1) is 12.8 Å². The van der Waals surface area contributed by atoms with Crippen molar-refractivity contribution in [3.8, 4) is 0 Å². The summed E-state index contributed by atoms with van der Waals surface area (Å²) in [5.41, 5.74) is 2.22. The molecule has 0 fully saturated rings. The zero-order valence-corrected chi connectivity index (χ0v) is 10.8. The van der Waals surface area contributed by atoms with Gasteiger partial charge in [0.1, 0.15) is 0 Å². The number of rotatable bonds is 4. The third-order valence-electron chi connectivity index (χ3n) is 2.85. The summed E-state index contributed by atoms with van der Waals surface area (Å²) >= 11 is 1.68. The number of nitrogens with zero attached hydrogens (tertiary/aromatic N) is 1. The lowest BCUT2D eigenvalue weighted by Crippen LogP contribution is -2.10. The average Bonchev–Trinajstić information content (AvgIpc) is 2.64. The summed E-state index contributed by atoms with van der Waals surface area (Å²) in [4.78, 5) is 15.1. The van der Waals surface area contributed by atoms with Gasteiger partial charge in [-0.25, -0.2) is 4.98 Å². The van der Waals surface area contributed by atoms with E-state index in [0.717, 1.165) is 16.9 Å². The summed E-state index contributed by atoms with van der Waals surface area (Å²) in [5.74, 6) is -1.01. The standard InChI is InChI=1S/C13H15NO2S/c1-8(13(15)16)3-4-10-5-6-11-12(7-10)17-9(2)14-11/h5-8H,3-4H2,1-2H3,(H,15,16). The molecule has 0 saturated heterocycles. The predicted octanol–water partition coefficient (Wildman–Crippen LogP) is 3.26. The SMILES string of the molecule is Cc1nc2ccc(CCC(C)C(=O)O)cc2s1. The molecular formula is C13H15NO2S. The van der Waals surface area contributed by atoms with Crippen LogP contribution >= 0.6 is 11.3 Å². The number of hydrogen-bond acceptors (Lipinski definition) is 3. The molecule has 0 aliphatic heterocycles. The zero-order chi connectivity index (χ0) is 12.4. The van der Waals surface area contributed by atoms with Crippen LogP contribution in [0.1, 0.15) is 23.9 Å². The molecule has 1 aromatic carbocycles. The summed E-state index contributed by atoms with van der Waals surface area (Å²) in [5, 5.41) is 9.89. The maximum absolute atomic E-state index is 10.7. The van der Waals surface area contributed by atoms with Crippen molar-refractivity contribution in [3.63, 3.8) is 0 Å². The molecule has 0 saturated carbocycles. The van der Waals surface area contributed by atoms with E-state index < -0.39 is 5.97 Å². The minimum Gasteiger partial charge on any atom is -0.481 e. The third-order valence-corrected chi connectivity index (χ3v) is 3.78. The number of carbonyl (C=O) groups is 1. The van der Waals surface area contributed by atoms with Gasteiger partial charge in [-0.15, -0.1) is 11.3 Å². The highest BCUT2D eigenvalue weighted by molar-refractivity contribution is 7.18. The van der Waals surface area contributed by atoms with Gasteiger partial charge in [-0.05, 0) is 37.5 Å². The lowest BCUT2D eigenvalue weighted by Gasteiger charge is -2.05. The Balaban J connectivity index is 2.11. The lowest BCUT2D eigenvalue weighted by atomic mass is 10.0. The number of fused-ring (bicyclic) bond motifs is 1. The van der Waals surface area contributed by atoms with Crippen LogP contribution in [0.2, 0.25) is 0 Å². The average molecular weight is 249 g/mol. The first kappa shape index (κ1) is 12.0. The Bertz CT molecular complexity index is 547. The number of carboxylic acids is 1. The van der Waals surface area contributed by atoms with Gasteiger partial charge < -0.3 is 5.11 Å². The molecule has 2 rings (SSSR count). The Labute approximate surface area is 104 Å². The fraction of sp³-hybridized carbons (Fsp3) is 0.385. The van der Waals surface area contributed by atoms with Crippen LogP contribution in [0.25, 0.3) is 10.2 Å². The van der Waals surface area contributed by atoms with Gasteiger partial charge in [-0.3, -0.25) is 4.79 Å². The van der Waals surface area contributed by atoms with Gasteiger partial charge in [-0.1, -0.05) is 13.0 Å². The van der Waals surface area contributed by atoms with Crippen molar-refractivity contribution in [2.24, 2.45) is 5.92 Å². The van der Waals surface area contributed by atoms with Crippen LogP contribution in [-0.4, -0.2) is 16.1 Å². The van der Waals surface area contributed by atoms with Gasteiger partial charge in [0.2, 0.25) is 0 Å². The first-order chi connectivity index (χ1) is 8.06. The van der Waals surface area contributed by atoms with E-state index in [9.17, 15) is 4.79 Å². The fourth-order valence-corrected chi connectivity index (χ4v) is 2.64. The summed E-state index contributed by atoms with van der Waals surface area (Å²) < 4.78 is 1.18. The molecule has 1 heterocycles. The number of aromatic nitrogens is 1. The Hall–Kier alpha value is -1.42. The molecule has 1 unspecified atom stereocenters. The maximum atomic E-state index is 10.7. The second-order valence-electron chi connectivity index (χ2n) is 4.31. The number of aryl methyl sites for hydroxylation is 2. The molecule has 0 amide bonds. The summed E-state index contributed by atoms with van der Waals surface area (Å²) in [7, 11) is 0. The number of aliphatic carboxylic acids is 1. The normalized spacial score (nSPS) is 12.8. The molecule has 1 atom stereocenters. The summed E-state index contributed by atoms with van der Waals surface area (Å²) in [6, 6.07) is 6.17. The van der Waals surface area contributed by atoms with Crippen LogP contribution in [0.15, 0.2) is 18.2 Å². The lowest BCUT2D eigenvalue weighted by molar-refractivity contribution is -0.141. The summed E-state index contributed by atoms with van der Waals surface area (Å²) in [6.07, 6.45) is 1.49. The number of thiazole rings is 1. The van der Waals surface area contributed by atoms with Gasteiger partial charge in [-0.2, -0.15) is 0 Å². The molecule has 3 nitrogen and oxygen atoms in total. The van der Waals surface area contributed by atoms with E-state index in [2.05, 4.69) is 11.1 Å². The Morgan fingerprint density at radius 2 is 2.29 bits per heavy atom. The van der Waals surface area contributed by atoms with Crippen molar-refractivity contribution in [2.45, 2.75) is 26.7 Å². The number of hydrogen-bond donors (Lipinski definition) is 1. The van der Waals surface area contributed by atoms with Crippen LogP contribution in [0.5, 0.6) is 0 Å². The molecule has 0 bridgehead atoms. The fourth-order valence-electron chi connectivity index (χ4n) is 1.75. The van der Waals surface area contributed by atoms with E-state index in [1.165, 1.54) is 10.3 Å². The van der Waals surface area contributed by atoms with E-state index in [4.69, 9.17) is 5.11 Å². The van der Waals surface area contributed by atoms with E-state index in [1.807, 2.05) is 19.1 Å². The highest BCUT2D eigenvalue weighted by Crippen LogP contribution is 2.23. The molecule has 1 aromatic heterocycles. The molecule has 90 valence electrons. The van der Waals surface area contributed by atoms with E-state index in [-0.39, 0.29) is 5.92 Å². The van der Waals surface area contributed by atoms with Crippen molar-refractivity contribution >= 4 is 27.5 Å². The molecule has 4 heteroatoms. The van der Waals surface area contributed by atoms with E-state index in [1.54, 1.807) is 18.3 Å². The summed E-state index contributed by atoms with van der Waals surface area (Å²) in [6.45, 7) is 3.74. The molecule has 0 radical (unpaired) electrons. The topological polar surface area (TPSA) is 50.2 Å². The maximum Gasteiger partial charge on any atom is 0.306 e. The number of carboxylic acid groups (broad SMARTS) is 1. The van der Waals surface area contributed by atoms with Crippen molar-refractivity contribution in [1.82, 2.24) is 4.98 Å². The third kappa shape index (κ3) is 2.82. The molecule has 0 spiro atoms. The predicted molar refractivity (Wildman–Crippen MR) is 69.5 cm³/mol. The quantitative estimate of drug-likeness (QED) is 0.904. The Morgan fingerprint density at radius 1 is 1.53 bits per heavy atom. The second-order valence-corrected chi connectivity index (χ2v) is 5.55. The molecule has 0 aliphatic rings. The van der Waals surface area contributed by atoms with Gasteiger partial charge >= 0.3 is 5.97 Å². The smallest absolute Gasteiger partial charge is 0.306 e. The molecule has 2 aromatic rings.